The summed E-state index contributed by atoms with van der Waals surface area (Å²) in [5, 5.41) is 9.93. The van der Waals surface area contributed by atoms with Gasteiger partial charge in [-0.2, -0.15) is 13.2 Å². The predicted molar refractivity (Wildman–Crippen MR) is 91.8 cm³/mol. The van der Waals surface area contributed by atoms with Crippen LogP contribution in [-0.2, 0) is 12.6 Å². The molecule has 1 fully saturated rings. The summed E-state index contributed by atoms with van der Waals surface area (Å²) >= 11 is 0. The molecule has 1 N–H and O–H groups in total. The molecule has 0 radical (unpaired) electrons. The van der Waals surface area contributed by atoms with E-state index in [1.165, 1.54) is 30.7 Å². The molecule has 0 atom stereocenters. The Morgan fingerprint density at radius 2 is 1.89 bits per heavy atom. The smallest absolute Gasteiger partial charge is 0.396 e. The molecule has 2 heterocycles. The number of nitrogens with zero attached hydrogens (tertiary/aromatic N) is 3. The fourth-order valence-electron chi connectivity index (χ4n) is 3.50. The molecule has 1 aromatic heterocycles. The van der Waals surface area contributed by atoms with Gasteiger partial charge in [0.05, 0.1) is 11.8 Å². The standard InChI is InChI=1S/C19H20F3N3O2/c20-19(21,22)15-4-2-1-3-14(15)11-18(13-26)5-9-25(10-6-18)17(27)16-12-23-7-8-24-16/h1-4,7-8,12,26H,5-6,9-11,13H2. The van der Waals surface area contributed by atoms with Gasteiger partial charge < -0.3 is 10.0 Å². The van der Waals surface area contributed by atoms with E-state index in [2.05, 4.69) is 9.97 Å². The van der Waals surface area contributed by atoms with Gasteiger partial charge in [0.15, 0.2) is 0 Å². The van der Waals surface area contributed by atoms with E-state index in [1.54, 1.807) is 11.0 Å². The summed E-state index contributed by atoms with van der Waals surface area (Å²) in [4.78, 5) is 21.9. The van der Waals surface area contributed by atoms with Gasteiger partial charge in [-0.15, -0.1) is 0 Å². The van der Waals surface area contributed by atoms with Gasteiger partial charge >= 0.3 is 6.18 Å². The SMILES string of the molecule is O=C(c1cnccn1)N1CCC(CO)(Cc2ccccc2C(F)(F)F)CC1. The highest BCUT2D eigenvalue weighted by atomic mass is 19.4. The number of likely N-dealkylation sites (tertiary alicyclic amines) is 1. The van der Waals surface area contributed by atoms with Crippen molar-refractivity contribution in [3.05, 3.63) is 59.7 Å². The third kappa shape index (κ3) is 4.27. The summed E-state index contributed by atoms with van der Waals surface area (Å²) in [5.41, 5.74) is -0.944. The molecule has 0 aliphatic carbocycles. The lowest BCUT2D eigenvalue weighted by molar-refractivity contribution is -0.138. The second kappa shape index (κ2) is 7.64. The van der Waals surface area contributed by atoms with Gasteiger partial charge in [0.1, 0.15) is 5.69 Å². The highest BCUT2D eigenvalue weighted by molar-refractivity contribution is 5.92. The summed E-state index contributed by atoms with van der Waals surface area (Å²) in [6.07, 6.45) is 0.812. The fraction of sp³-hybridized carbons (Fsp3) is 0.421. The van der Waals surface area contributed by atoms with Crippen molar-refractivity contribution in [1.82, 2.24) is 14.9 Å². The lowest BCUT2D eigenvalue weighted by atomic mass is 9.73. The average molecular weight is 379 g/mol. The first-order valence-corrected chi connectivity index (χ1v) is 8.66. The number of aliphatic hydroxyl groups is 1. The second-order valence-corrected chi connectivity index (χ2v) is 6.87. The van der Waals surface area contributed by atoms with Crippen molar-refractivity contribution in [1.29, 1.82) is 0 Å². The molecular weight excluding hydrogens is 359 g/mol. The van der Waals surface area contributed by atoms with Crippen LogP contribution in [0.15, 0.2) is 42.9 Å². The normalized spacial score (nSPS) is 17.0. The van der Waals surface area contributed by atoms with E-state index >= 15 is 0 Å². The molecule has 0 saturated carbocycles. The van der Waals surface area contributed by atoms with E-state index in [-0.39, 0.29) is 30.2 Å². The highest BCUT2D eigenvalue weighted by Gasteiger charge is 2.39. The van der Waals surface area contributed by atoms with Gasteiger partial charge in [-0.3, -0.25) is 9.78 Å². The zero-order chi connectivity index (χ0) is 19.5. The van der Waals surface area contributed by atoms with Gasteiger partial charge in [-0.25, -0.2) is 4.98 Å². The minimum absolute atomic E-state index is 0.117. The molecular formula is C19H20F3N3O2. The van der Waals surface area contributed by atoms with E-state index < -0.39 is 17.2 Å². The Kier molecular flexibility index (Phi) is 5.46. The average Bonchev–Trinajstić information content (AvgIpc) is 2.68. The fourth-order valence-corrected chi connectivity index (χ4v) is 3.50. The lowest BCUT2D eigenvalue weighted by Gasteiger charge is -2.41. The summed E-state index contributed by atoms with van der Waals surface area (Å²) in [5.74, 6) is -0.259. The Hall–Kier alpha value is -2.48. The number of alkyl halides is 3. The van der Waals surface area contributed by atoms with Gasteiger partial charge in [-0.1, -0.05) is 18.2 Å². The first-order chi connectivity index (χ1) is 12.8. The van der Waals surface area contributed by atoms with Crippen LogP contribution in [0.5, 0.6) is 0 Å². The second-order valence-electron chi connectivity index (χ2n) is 6.87. The number of amides is 1. The van der Waals surface area contributed by atoms with E-state index in [0.29, 0.717) is 25.9 Å². The molecule has 27 heavy (non-hydrogen) atoms. The molecule has 2 aromatic rings. The topological polar surface area (TPSA) is 66.3 Å². The van der Waals surface area contributed by atoms with Crippen LogP contribution in [0.1, 0.15) is 34.5 Å². The van der Waals surface area contributed by atoms with Crippen LogP contribution in [0.4, 0.5) is 13.2 Å². The number of carbonyl (C=O) groups excluding carboxylic acids is 1. The zero-order valence-corrected chi connectivity index (χ0v) is 14.6. The number of hydrogen-bond acceptors (Lipinski definition) is 4. The maximum absolute atomic E-state index is 13.3. The van der Waals surface area contributed by atoms with E-state index in [0.717, 1.165) is 6.07 Å². The third-order valence-corrected chi connectivity index (χ3v) is 5.12. The number of carbonyl (C=O) groups is 1. The van der Waals surface area contributed by atoms with Crippen molar-refractivity contribution < 1.29 is 23.1 Å². The Labute approximate surface area is 154 Å². The number of aliphatic hydroxyl groups excluding tert-OH is 1. The summed E-state index contributed by atoms with van der Waals surface area (Å²) in [6.45, 7) is 0.473. The van der Waals surface area contributed by atoms with Gasteiger partial charge in [0.25, 0.3) is 5.91 Å². The molecule has 3 rings (SSSR count). The van der Waals surface area contributed by atoms with Crippen molar-refractivity contribution in [2.24, 2.45) is 5.41 Å². The third-order valence-electron chi connectivity index (χ3n) is 5.12. The number of rotatable bonds is 4. The number of hydrogen-bond donors (Lipinski definition) is 1. The van der Waals surface area contributed by atoms with Crippen LogP contribution in [0.2, 0.25) is 0 Å². The molecule has 1 aromatic carbocycles. The summed E-state index contributed by atoms with van der Waals surface area (Å²) in [6, 6.07) is 5.45. The quantitative estimate of drug-likeness (QED) is 0.887. The minimum atomic E-state index is -4.43. The zero-order valence-electron chi connectivity index (χ0n) is 14.6. The molecule has 0 unspecified atom stereocenters. The molecule has 144 valence electrons. The molecule has 0 spiro atoms. The highest BCUT2D eigenvalue weighted by Crippen LogP contribution is 2.39. The van der Waals surface area contributed by atoms with E-state index in [4.69, 9.17) is 0 Å². The van der Waals surface area contributed by atoms with Crippen LogP contribution in [0.25, 0.3) is 0 Å². The van der Waals surface area contributed by atoms with Crippen LogP contribution in [-0.4, -0.2) is 45.6 Å². The molecule has 1 saturated heterocycles. The van der Waals surface area contributed by atoms with Gasteiger partial charge in [-0.05, 0) is 30.9 Å². The molecule has 5 nitrogen and oxygen atoms in total. The predicted octanol–water partition coefficient (Wildman–Crippen LogP) is 2.95. The Balaban J connectivity index is 1.73. The largest absolute Gasteiger partial charge is 0.416 e. The van der Waals surface area contributed by atoms with Crippen molar-refractivity contribution in [2.75, 3.05) is 19.7 Å². The van der Waals surface area contributed by atoms with E-state index in [9.17, 15) is 23.1 Å². The Morgan fingerprint density at radius 1 is 1.19 bits per heavy atom. The van der Waals surface area contributed by atoms with Crippen LogP contribution in [0, 0.1) is 5.41 Å². The van der Waals surface area contributed by atoms with Crippen molar-refractivity contribution in [2.45, 2.75) is 25.4 Å². The molecule has 1 amide bonds. The Morgan fingerprint density at radius 3 is 2.48 bits per heavy atom. The van der Waals surface area contributed by atoms with Crippen molar-refractivity contribution in [3.8, 4) is 0 Å². The number of aromatic nitrogens is 2. The summed E-state index contributed by atoms with van der Waals surface area (Å²) in [7, 11) is 0. The molecule has 1 aliphatic rings. The minimum Gasteiger partial charge on any atom is -0.396 e. The van der Waals surface area contributed by atoms with Gasteiger partial charge in [0.2, 0.25) is 0 Å². The number of benzene rings is 1. The van der Waals surface area contributed by atoms with Gasteiger partial charge in [0, 0.05) is 37.5 Å². The van der Waals surface area contributed by atoms with E-state index in [1.807, 2.05) is 0 Å². The maximum atomic E-state index is 13.3. The lowest BCUT2D eigenvalue weighted by Crippen LogP contribution is -2.46. The molecule has 0 bridgehead atoms. The maximum Gasteiger partial charge on any atom is 0.416 e. The monoisotopic (exact) mass is 379 g/mol. The first kappa shape index (κ1) is 19.3. The number of halogens is 3. The number of piperidine rings is 1. The molecule has 1 aliphatic heterocycles. The van der Waals surface area contributed by atoms with Crippen LogP contribution < -0.4 is 0 Å². The molecule has 8 heteroatoms. The van der Waals surface area contributed by atoms with Crippen molar-refractivity contribution >= 4 is 5.91 Å². The van der Waals surface area contributed by atoms with Crippen molar-refractivity contribution in [3.63, 3.8) is 0 Å². The van der Waals surface area contributed by atoms with Crippen LogP contribution >= 0.6 is 0 Å². The Bertz CT molecular complexity index is 788. The van der Waals surface area contributed by atoms with Crippen LogP contribution in [0.3, 0.4) is 0 Å². The summed E-state index contributed by atoms with van der Waals surface area (Å²) < 4.78 is 39.8. The first-order valence-electron chi connectivity index (χ1n) is 8.66.